The zero-order chi connectivity index (χ0) is 14.6. The number of primary amides is 1. The van der Waals surface area contributed by atoms with Crippen LogP contribution in [-0.4, -0.2) is 37.0 Å². The number of hydrogen-bond acceptors (Lipinski definition) is 4. The van der Waals surface area contributed by atoms with Crippen molar-refractivity contribution in [3.05, 3.63) is 24.3 Å². The maximum atomic E-state index is 11.4. The van der Waals surface area contributed by atoms with Gasteiger partial charge in [0.2, 0.25) is 5.91 Å². The van der Waals surface area contributed by atoms with Crippen molar-refractivity contribution < 1.29 is 9.53 Å². The van der Waals surface area contributed by atoms with Gasteiger partial charge in [-0.2, -0.15) is 0 Å². The summed E-state index contributed by atoms with van der Waals surface area (Å²) in [5.74, 6) is 0.601. The van der Waals surface area contributed by atoms with Gasteiger partial charge in [-0.05, 0) is 38.4 Å². The first-order valence-corrected chi connectivity index (χ1v) is 7.00. The van der Waals surface area contributed by atoms with Crippen molar-refractivity contribution in [2.24, 2.45) is 11.1 Å². The monoisotopic (exact) mass is 277 g/mol. The van der Waals surface area contributed by atoms with Gasteiger partial charge in [0.15, 0.2) is 0 Å². The number of carbonyl (C=O) groups excluding carboxylic acids is 1. The van der Waals surface area contributed by atoms with E-state index in [1.54, 1.807) is 0 Å². The van der Waals surface area contributed by atoms with Crippen LogP contribution < -0.4 is 16.2 Å². The van der Waals surface area contributed by atoms with E-state index < -0.39 is 0 Å². The summed E-state index contributed by atoms with van der Waals surface area (Å²) in [7, 11) is 0. The molecule has 0 bridgehead atoms. The van der Waals surface area contributed by atoms with Gasteiger partial charge in [-0.3, -0.25) is 4.79 Å². The third-order valence-corrected chi connectivity index (χ3v) is 3.89. The molecule has 20 heavy (non-hydrogen) atoms. The normalized spacial score (nSPS) is 22.9. The molecule has 1 amide bonds. The Kier molecular flexibility index (Phi) is 4.49. The van der Waals surface area contributed by atoms with Gasteiger partial charge in [0.1, 0.15) is 5.75 Å². The summed E-state index contributed by atoms with van der Waals surface area (Å²) in [4.78, 5) is 13.6. The number of nitrogens with zero attached hydrogens (tertiary/aromatic N) is 1. The third kappa shape index (κ3) is 3.63. The lowest BCUT2D eigenvalue weighted by molar-refractivity contribution is -0.126. The van der Waals surface area contributed by atoms with E-state index in [0.717, 1.165) is 38.2 Å². The van der Waals surface area contributed by atoms with Gasteiger partial charge < -0.3 is 21.1 Å². The minimum absolute atomic E-state index is 0.198. The Morgan fingerprint density at radius 1 is 1.50 bits per heavy atom. The quantitative estimate of drug-likeness (QED) is 0.605. The second-order valence-corrected chi connectivity index (χ2v) is 5.73. The topological polar surface area (TPSA) is 81.6 Å². The summed E-state index contributed by atoms with van der Waals surface area (Å²) in [6.45, 7) is 5.19. The molecule has 1 aliphatic rings. The molecule has 0 spiro atoms. The van der Waals surface area contributed by atoms with E-state index >= 15 is 0 Å². The number of nitrogens with two attached hydrogens (primary N) is 2. The SMILES string of the molecule is CC1(C(N)=O)CCN(CCCOc2cccc(N)c2)C1. The summed E-state index contributed by atoms with van der Waals surface area (Å²) < 4.78 is 5.65. The van der Waals surface area contributed by atoms with Crippen LogP contribution in [0, 0.1) is 5.41 Å². The largest absolute Gasteiger partial charge is 0.493 e. The van der Waals surface area contributed by atoms with Crippen molar-refractivity contribution in [1.82, 2.24) is 4.90 Å². The van der Waals surface area contributed by atoms with Gasteiger partial charge in [0.25, 0.3) is 0 Å². The summed E-state index contributed by atoms with van der Waals surface area (Å²) in [6, 6.07) is 7.43. The highest BCUT2D eigenvalue weighted by Gasteiger charge is 2.38. The van der Waals surface area contributed by atoms with Gasteiger partial charge in [-0.25, -0.2) is 0 Å². The second kappa shape index (κ2) is 6.13. The lowest BCUT2D eigenvalue weighted by Crippen LogP contribution is -2.37. The maximum Gasteiger partial charge on any atom is 0.224 e. The van der Waals surface area contributed by atoms with Crippen LogP contribution in [0.15, 0.2) is 24.3 Å². The van der Waals surface area contributed by atoms with Gasteiger partial charge in [0.05, 0.1) is 12.0 Å². The number of anilines is 1. The molecule has 0 radical (unpaired) electrons. The van der Waals surface area contributed by atoms with Crippen LogP contribution in [0.1, 0.15) is 19.8 Å². The lowest BCUT2D eigenvalue weighted by atomic mass is 9.89. The van der Waals surface area contributed by atoms with Crippen molar-refractivity contribution >= 4 is 11.6 Å². The molecule has 4 N–H and O–H groups in total. The molecular weight excluding hydrogens is 254 g/mol. The third-order valence-electron chi connectivity index (χ3n) is 3.89. The van der Waals surface area contributed by atoms with Crippen LogP contribution in [0.5, 0.6) is 5.75 Å². The minimum Gasteiger partial charge on any atom is -0.493 e. The van der Waals surface area contributed by atoms with Gasteiger partial charge in [-0.1, -0.05) is 6.07 Å². The first-order valence-electron chi connectivity index (χ1n) is 7.00. The van der Waals surface area contributed by atoms with Crippen LogP contribution in [0.4, 0.5) is 5.69 Å². The van der Waals surface area contributed by atoms with E-state index in [9.17, 15) is 4.79 Å². The lowest BCUT2D eigenvalue weighted by Gasteiger charge is -2.20. The zero-order valence-electron chi connectivity index (χ0n) is 12.0. The molecule has 1 aromatic rings. The fourth-order valence-corrected chi connectivity index (χ4v) is 2.53. The van der Waals surface area contributed by atoms with Crippen molar-refractivity contribution in [1.29, 1.82) is 0 Å². The highest BCUT2D eigenvalue weighted by atomic mass is 16.5. The molecule has 1 aliphatic heterocycles. The molecule has 1 aromatic carbocycles. The van der Waals surface area contributed by atoms with Crippen molar-refractivity contribution in [3.63, 3.8) is 0 Å². The molecule has 1 fully saturated rings. The summed E-state index contributed by atoms with van der Waals surface area (Å²) in [6.07, 6.45) is 1.77. The number of rotatable bonds is 6. The Morgan fingerprint density at radius 2 is 2.30 bits per heavy atom. The van der Waals surface area contributed by atoms with Crippen LogP contribution in [-0.2, 0) is 4.79 Å². The number of hydrogen-bond donors (Lipinski definition) is 2. The van der Waals surface area contributed by atoms with Crippen LogP contribution in [0.25, 0.3) is 0 Å². The van der Waals surface area contributed by atoms with Gasteiger partial charge in [0, 0.05) is 24.8 Å². The van der Waals surface area contributed by atoms with Crippen molar-refractivity contribution in [2.75, 3.05) is 32.0 Å². The van der Waals surface area contributed by atoms with Crippen LogP contribution >= 0.6 is 0 Å². The number of nitrogen functional groups attached to an aromatic ring is 1. The molecule has 2 rings (SSSR count). The molecule has 110 valence electrons. The second-order valence-electron chi connectivity index (χ2n) is 5.73. The standard InChI is InChI=1S/C15H23N3O2/c1-15(14(17)19)6-8-18(11-15)7-3-9-20-13-5-2-4-12(16)10-13/h2,4-5,10H,3,6-9,11,16H2,1H3,(H2,17,19). The van der Waals surface area contributed by atoms with Crippen LogP contribution in [0.2, 0.25) is 0 Å². The summed E-state index contributed by atoms with van der Waals surface area (Å²) >= 11 is 0. The molecule has 0 aliphatic carbocycles. The molecule has 5 heteroatoms. The Balaban J connectivity index is 1.69. The number of likely N-dealkylation sites (tertiary alicyclic amines) is 1. The fourth-order valence-electron chi connectivity index (χ4n) is 2.53. The highest BCUT2D eigenvalue weighted by Crippen LogP contribution is 2.29. The average Bonchev–Trinajstić information content (AvgIpc) is 2.78. The molecule has 0 aromatic heterocycles. The number of benzene rings is 1. The fraction of sp³-hybridized carbons (Fsp3) is 0.533. The van der Waals surface area contributed by atoms with E-state index in [2.05, 4.69) is 4.90 Å². The smallest absolute Gasteiger partial charge is 0.224 e. The Morgan fingerprint density at radius 3 is 2.95 bits per heavy atom. The Bertz CT molecular complexity index is 478. The molecule has 1 atom stereocenters. The van der Waals surface area contributed by atoms with Crippen LogP contribution in [0.3, 0.4) is 0 Å². The predicted octanol–water partition coefficient (Wildman–Crippen LogP) is 1.23. The number of amides is 1. The maximum absolute atomic E-state index is 11.4. The molecular formula is C15H23N3O2. The van der Waals surface area contributed by atoms with E-state index in [1.165, 1.54) is 0 Å². The Labute approximate surface area is 119 Å². The van der Waals surface area contributed by atoms with Crippen molar-refractivity contribution in [3.8, 4) is 5.75 Å². The van der Waals surface area contributed by atoms with E-state index in [0.29, 0.717) is 12.3 Å². The first kappa shape index (κ1) is 14.7. The summed E-state index contributed by atoms with van der Waals surface area (Å²) in [5, 5.41) is 0. The predicted molar refractivity (Wildman–Crippen MR) is 79.3 cm³/mol. The van der Waals surface area contributed by atoms with Gasteiger partial charge in [-0.15, -0.1) is 0 Å². The number of ether oxygens (including phenoxy) is 1. The number of carbonyl (C=O) groups is 1. The van der Waals surface area contributed by atoms with Crippen molar-refractivity contribution in [2.45, 2.75) is 19.8 Å². The Hall–Kier alpha value is -1.75. The molecule has 0 saturated carbocycles. The van der Waals surface area contributed by atoms with E-state index in [1.807, 2.05) is 31.2 Å². The molecule has 1 saturated heterocycles. The summed E-state index contributed by atoms with van der Waals surface area (Å²) in [5.41, 5.74) is 11.5. The van der Waals surface area contributed by atoms with E-state index in [4.69, 9.17) is 16.2 Å². The zero-order valence-corrected chi connectivity index (χ0v) is 12.0. The highest BCUT2D eigenvalue weighted by molar-refractivity contribution is 5.81. The minimum atomic E-state index is -0.366. The molecule has 5 nitrogen and oxygen atoms in total. The molecule has 1 heterocycles. The average molecular weight is 277 g/mol. The first-order chi connectivity index (χ1) is 9.49. The van der Waals surface area contributed by atoms with Gasteiger partial charge >= 0.3 is 0 Å². The van der Waals surface area contributed by atoms with E-state index in [-0.39, 0.29) is 11.3 Å². The molecule has 1 unspecified atom stereocenters.